The molecular weight excluding hydrogens is 277 g/mol. The van der Waals surface area contributed by atoms with Gasteiger partial charge in [0.1, 0.15) is 5.02 Å². The van der Waals surface area contributed by atoms with E-state index in [1.165, 1.54) is 0 Å². The minimum absolute atomic E-state index is 0.118. The van der Waals surface area contributed by atoms with E-state index in [0.717, 1.165) is 15.6 Å². The van der Waals surface area contributed by atoms with Crippen LogP contribution in [0.2, 0.25) is 5.02 Å². The molecule has 2 rings (SSSR count). The maximum Gasteiger partial charge on any atom is 0.208 e. The third-order valence-electron chi connectivity index (χ3n) is 2.32. The molecule has 2 nitrogen and oxygen atoms in total. The van der Waals surface area contributed by atoms with E-state index in [2.05, 4.69) is 20.9 Å². The number of aromatic nitrogens is 1. The van der Waals surface area contributed by atoms with Gasteiger partial charge in [-0.2, -0.15) is 0 Å². The minimum atomic E-state index is -0.118. The van der Waals surface area contributed by atoms with Gasteiger partial charge in [-0.1, -0.05) is 11.6 Å². The summed E-state index contributed by atoms with van der Waals surface area (Å²) in [6.45, 7) is 3.73. The summed E-state index contributed by atoms with van der Waals surface area (Å²) in [5.41, 5.74) is 2.40. The summed E-state index contributed by atoms with van der Waals surface area (Å²) in [4.78, 5) is 15.0. The van der Waals surface area contributed by atoms with Crippen LogP contribution in [-0.2, 0) is 0 Å². The topological polar surface area (TPSA) is 32.9 Å². The molecule has 0 amide bonds. The molecule has 0 bridgehead atoms. The molecule has 1 aromatic heterocycles. The molecule has 15 heavy (non-hydrogen) atoms. The van der Waals surface area contributed by atoms with Crippen molar-refractivity contribution < 1.29 is 0 Å². The molecule has 0 spiro atoms. The highest BCUT2D eigenvalue weighted by atomic mass is 79.9. The molecule has 0 aliphatic rings. The Morgan fingerprint density at radius 1 is 1.33 bits per heavy atom. The number of halogens is 2. The fourth-order valence-corrected chi connectivity index (χ4v) is 2.40. The highest BCUT2D eigenvalue weighted by Crippen LogP contribution is 2.24. The van der Waals surface area contributed by atoms with Gasteiger partial charge in [0.25, 0.3) is 0 Å². The van der Waals surface area contributed by atoms with Gasteiger partial charge in [0.05, 0.1) is 5.52 Å². The van der Waals surface area contributed by atoms with Crippen molar-refractivity contribution >= 4 is 38.4 Å². The number of hydrogen-bond donors (Lipinski definition) is 1. The first-order valence-corrected chi connectivity index (χ1v) is 5.66. The lowest BCUT2D eigenvalue weighted by molar-refractivity contribution is 1.23. The number of hydrogen-bond acceptors (Lipinski definition) is 1. The Hall–Kier alpha value is -0.800. The van der Waals surface area contributed by atoms with Gasteiger partial charge in [-0.3, -0.25) is 4.79 Å². The fraction of sp³-hybridized carbons (Fsp3) is 0.182. The van der Waals surface area contributed by atoms with E-state index in [1.807, 2.05) is 19.1 Å². The molecule has 0 saturated carbocycles. The van der Waals surface area contributed by atoms with E-state index in [9.17, 15) is 4.79 Å². The summed E-state index contributed by atoms with van der Waals surface area (Å²) in [5, 5.41) is 0.887. The van der Waals surface area contributed by atoms with Crippen LogP contribution < -0.4 is 5.43 Å². The number of rotatable bonds is 0. The van der Waals surface area contributed by atoms with Gasteiger partial charge in [0, 0.05) is 15.6 Å². The maximum atomic E-state index is 11.9. The van der Waals surface area contributed by atoms with Crippen molar-refractivity contribution in [1.29, 1.82) is 0 Å². The predicted molar refractivity (Wildman–Crippen MR) is 66.8 cm³/mol. The van der Waals surface area contributed by atoms with Crippen LogP contribution in [0.3, 0.4) is 0 Å². The van der Waals surface area contributed by atoms with Crippen LogP contribution in [0.25, 0.3) is 10.9 Å². The molecule has 0 aliphatic heterocycles. The Morgan fingerprint density at radius 3 is 2.67 bits per heavy atom. The largest absolute Gasteiger partial charge is 0.356 e. The summed E-state index contributed by atoms with van der Waals surface area (Å²) in [5.74, 6) is 0. The van der Waals surface area contributed by atoms with Crippen LogP contribution in [0.1, 0.15) is 11.3 Å². The van der Waals surface area contributed by atoms with E-state index in [0.29, 0.717) is 11.1 Å². The Labute approximate surface area is 100 Å². The number of aryl methyl sites for hydroxylation is 2. The fourth-order valence-electron chi connectivity index (χ4n) is 1.58. The first-order chi connectivity index (χ1) is 7.00. The number of nitrogens with one attached hydrogen (secondary N) is 1. The summed E-state index contributed by atoms with van der Waals surface area (Å²) in [7, 11) is 0. The van der Waals surface area contributed by atoms with Crippen molar-refractivity contribution in [1.82, 2.24) is 4.98 Å². The van der Waals surface area contributed by atoms with Gasteiger partial charge in [-0.15, -0.1) is 0 Å². The average molecular weight is 287 g/mol. The minimum Gasteiger partial charge on any atom is -0.356 e. The van der Waals surface area contributed by atoms with Crippen LogP contribution >= 0.6 is 27.5 Å². The number of H-pyrrole nitrogens is 1. The van der Waals surface area contributed by atoms with Gasteiger partial charge in [0.2, 0.25) is 5.43 Å². The molecule has 0 atom stereocenters. The van der Waals surface area contributed by atoms with Crippen molar-refractivity contribution in [2.45, 2.75) is 13.8 Å². The van der Waals surface area contributed by atoms with Crippen molar-refractivity contribution in [3.05, 3.63) is 43.1 Å². The van der Waals surface area contributed by atoms with E-state index >= 15 is 0 Å². The van der Waals surface area contributed by atoms with Crippen molar-refractivity contribution in [3.63, 3.8) is 0 Å². The van der Waals surface area contributed by atoms with E-state index < -0.39 is 0 Å². The second-order valence-corrected chi connectivity index (χ2v) is 4.79. The molecule has 0 fully saturated rings. The van der Waals surface area contributed by atoms with Gasteiger partial charge in [-0.25, -0.2) is 0 Å². The number of pyridine rings is 1. The standard InChI is InChI=1S/C11H9BrClNO/c1-5-3-7-10(8(12)4-5)14-6(2)9(13)11(7)15/h3-4H,1-2H3,(H,14,15). The number of fused-ring (bicyclic) bond motifs is 1. The lowest BCUT2D eigenvalue weighted by Crippen LogP contribution is -2.06. The van der Waals surface area contributed by atoms with Crippen LogP contribution in [-0.4, -0.2) is 4.98 Å². The molecule has 2 aromatic rings. The first kappa shape index (κ1) is 10.7. The highest BCUT2D eigenvalue weighted by Gasteiger charge is 2.09. The van der Waals surface area contributed by atoms with Gasteiger partial charge >= 0.3 is 0 Å². The maximum absolute atomic E-state index is 11.9. The SMILES string of the molecule is Cc1cc(Br)c2[nH]c(C)c(Cl)c(=O)c2c1. The van der Waals surface area contributed by atoms with Crippen molar-refractivity contribution in [2.24, 2.45) is 0 Å². The monoisotopic (exact) mass is 285 g/mol. The van der Waals surface area contributed by atoms with Crippen LogP contribution in [0, 0.1) is 13.8 Å². The Morgan fingerprint density at radius 2 is 2.00 bits per heavy atom. The van der Waals surface area contributed by atoms with E-state index in [4.69, 9.17) is 11.6 Å². The molecule has 1 heterocycles. The zero-order valence-electron chi connectivity index (χ0n) is 8.32. The first-order valence-electron chi connectivity index (χ1n) is 4.49. The quantitative estimate of drug-likeness (QED) is 0.789. The summed E-state index contributed by atoms with van der Waals surface area (Å²) in [6, 6.07) is 3.80. The molecule has 78 valence electrons. The van der Waals surface area contributed by atoms with Crippen LogP contribution in [0.5, 0.6) is 0 Å². The Kier molecular flexibility index (Phi) is 2.61. The molecule has 0 aliphatic carbocycles. The molecule has 0 unspecified atom stereocenters. The Balaban J connectivity index is 3.06. The van der Waals surface area contributed by atoms with E-state index in [1.54, 1.807) is 6.92 Å². The average Bonchev–Trinajstić information content (AvgIpc) is 2.17. The summed E-state index contributed by atoms with van der Waals surface area (Å²) < 4.78 is 0.884. The summed E-state index contributed by atoms with van der Waals surface area (Å²) >= 11 is 9.33. The van der Waals surface area contributed by atoms with Crippen LogP contribution in [0.15, 0.2) is 21.4 Å². The van der Waals surface area contributed by atoms with Gasteiger partial charge in [0.15, 0.2) is 0 Å². The highest BCUT2D eigenvalue weighted by molar-refractivity contribution is 9.10. The molecule has 0 saturated heterocycles. The normalized spacial score (nSPS) is 10.9. The van der Waals surface area contributed by atoms with E-state index in [-0.39, 0.29) is 10.5 Å². The second-order valence-electron chi connectivity index (χ2n) is 3.56. The molecule has 0 radical (unpaired) electrons. The number of aromatic amines is 1. The van der Waals surface area contributed by atoms with Crippen molar-refractivity contribution in [3.8, 4) is 0 Å². The smallest absolute Gasteiger partial charge is 0.208 e. The molecule has 1 N–H and O–H groups in total. The van der Waals surface area contributed by atoms with Gasteiger partial charge in [-0.05, 0) is 47.5 Å². The van der Waals surface area contributed by atoms with Crippen LogP contribution in [0.4, 0.5) is 0 Å². The van der Waals surface area contributed by atoms with Crippen molar-refractivity contribution in [2.75, 3.05) is 0 Å². The Bertz CT molecular complexity index is 604. The molecule has 1 aromatic carbocycles. The number of benzene rings is 1. The zero-order valence-corrected chi connectivity index (χ0v) is 10.7. The third kappa shape index (κ3) is 1.70. The van der Waals surface area contributed by atoms with Gasteiger partial charge < -0.3 is 4.98 Å². The third-order valence-corrected chi connectivity index (χ3v) is 3.40. The zero-order chi connectivity index (χ0) is 11.2. The lowest BCUT2D eigenvalue weighted by atomic mass is 10.1. The lowest BCUT2D eigenvalue weighted by Gasteiger charge is -2.05. The molecule has 4 heteroatoms. The summed E-state index contributed by atoms with van der Waals surface area (Å²) in [6.07, 6.45) is 0. The predicted octanol–water partition coefficient (Wildman–Crippen LogP) is 3.56. The second kappa shape index (κ2) is 3.65. The molecular formula is C11H9BrClNO.